The summed E-state index contributed by atoms with van der Waals surface area (Å²) in [4.78, 5) is 1.34. The minimum absolute atomic E-state index is 0. The average molecular weight is 248 g/mol. The van der Waals surface area contributed by atoms with Crippen molar-refractivity contribution < 1.29 is 4.74 Å². The van der Waals surface area contributed by atoms with E-state index in [-0.39, 0.29) is 18.5 Å². The van der Waals surface area contributed by atoms with E-state index in [1.807, 2.05) is 0 Å². The lowest BCUT2D eigenvalue weighted by atomic mass is 10.1. The summed E-state index contributed by atoms with van der Waals surface area (Å²) in [7, 11) is 0. The van der Waals surface area contributed by atoms with Crippen molar-refractivity contribution in [1.29, 1.82) is 0 Å². The first-order chi connectivity index (χ1) is 6.86. The molecule has 1 aliphatic rings. The monoisotopic (exact) mass is 247 g/mol. The molecule has 0 aliphatic carbocycles. The molecule has 1 aromatic rings. The zero-order valence-electron chi connectivity index (χ0n) is 8.94. The highest BCUT2D eigenvalue weighted by Crippen LogP contribution is 2.25. The first-order valence-electron chi connectivity index (χ1n) is 5.26. The van der Waals surface area contributed by atoms with Crippen molar-refractivity contribution in [2.75, 3.05) is 13.1 Å². The summed E-state index contributed by atoms with van der Waals surface area (Å²) in [5.41, 5.74) is 0. The largest absolute Gasteiger partial charge is 0.370 e. The van der Waals surface area contributed by atoms with Crippen molar-refractivity contribution in [1.82, 2.24) is 5.32 Å². The van der Waals surface area contributed by atoms with Gasteiger partial charge in [-0.1, -0.05) is 6.07 Å². The maximum absolute atomic E-state index is 6.01. The molecular formula is C11H18ClNOS. The predicted molar refractivity (Wildman–Crippen MR) is 67.0 cm³/mol. The van der Waals surface area contributed by atoms with Gasteiger partial charge < -0.3 is 10.1 Å². The summed E-state index contributed by atoms with van der Waals surface area (Å²) in [6, 6.07) is 4.23. The summed E-state index contributed by atoms with van der Waals surface area (Å²) in [6.45, 7) is 4.34. The van der Waals surface area contributed by atoms with Crippen molar-refractivity contribution in [3.63, 3.8) is 0 Å². The van der Waals surface area contributed by atoms with E-state index in [0.717, 1.165) is 25.9 Å². The van der Waals surface area contributed by atoms with Gasteiger partial charge in [-0.05, 0) is 44.3 Å². The van der Waals surface area contributed by atoms with Gasteiger partial charge in [0.05, 0.1) is 12.2 Å². The Morgan fingerprint density at radius 1 is 1.47 bits per heavy atom. The molecule has 1 saturated heterocycles. The van der Waals surface area contributed by atoms with Gasteiger partial charge in [-0.3, -0.25) is 0 Å². The summed E-state index contributed by atoms with van der Waals surface area (Å²) in [5.74, 6) is 0. The highest BCUT2D eigenvalue weighted by atomic mass is 35.5. The fourth-order valence-electron chi connectivity index (χ4n) is 1.81. The molecule has 0 spiro atoms. The van der Waals surface area contributed by atoms with Gasteiger partial charge in [-0.15, -0.1) is 23.7 Å². The van der Waals surface area contributed by atoms with Crippen LogP contribution in [0.4, 0.5) is 0 Å². The van der Waals surface area contributed by atoms with Crippen LogP contribution in [-0.2, 0) is 4.74 Å². The quantitative estimate of drug-likeness (QED) is 0.887. The highest BCUT2D eigenvalue weighted by Gasteiger charge is 2.17. The van der Waals surface area contributed by atoms with Crippen LogP contribution in [0.3, 0.4) is 0 Å². The molecule has 2 rings (SSSR count). The van der Waals surface area contributed by atoms with Gasteiger partial charge in [0.15, 0.2) is 0 Å². The molecule has 1 fully saturated rings. The van der Waals surface area contributed by atoms with E-state index in [1.54, 1.807) is 11.3 Å². The van der Waals surface area contributed by atoms with Gasteiger partial charge in [0.1, 0.15) is 0 Å². The first kappa shape index (κ1) is 13.0. The Morgan fingerprint density at radius 3 is 2.80 bits per heavy atom. The van der Waals surface area contributed by atoms with E-state index in [2.05, 4.69) is 29.8 Å². The SMILES string of the molecule is CC(OC1CCNCC1)c1cccs1.Cl. The maximum Gasteiger partial charge on any atom is 0.0892 e. The number of nitrogens with one attached hydrogen (secondary N) is 1. The first-order valence-corrected chi connectivity index (χ1v) is 6.14. The third-order valence-electron chi connectivity index (χ3n) is 2.63. The van der Waals surface area contributed by atoms with Crippen LogP contribution in [0.2, 0.25) is 0 Å². The van der Waals surface area contributed by atoms with Crippen LogP contribution in [0, 0.1) is 0 Å². The maximum atomic E-state index is 6.01. The Bertz CT molecular complexity index is 260. The Balaban J connectivity index is 0.00000112. The van der Waals surface area contributed by atoms with Crippen molar-refractivity contribution in [3.8, 4) is 0 Å². The van der Waals surface area contributed by atoms with Crippen molar-refractivity contribution >= 4 is 23.7 Å². The number of piperidine rings is 1. The lowest BCUT2D eigenvalue weighted by Gasteiger charge is -2.25. The van der Waals surface area contributed by atoms with E-state index in [9.17, 15) is 0 Å². The lowest BCUT2D eigenvalue weighted by Crippen LogP contribution is -2.32. The molecule has 1 aromatic heterocycles. The van der Waals surface area contributed by atoms with Crippen LogP contribution in [0.5, 0.6) is 0 Å². The molecule has 0 bridgehead atoms. The second kappa shape index (κ2) is 6.48. The molecule has 1 atom stereocenters. The lowest BCUT2D eigenvalue weighted by molar-refractivity contribution is -0.0169. The second-order valence-electron chi connectivity index (χ2n) is 3.74. The van der Waals surface area contributed by atoms with Crippen LogP contribution in [0.1, 0.15) is 30.7 Å². The third-order valence-corrected chi connectivity index (χ3v) is 3.66. The topological polar surface area (TPSA) is 21.3 Å². The Labute approximate surface area is 101 Å². The molecule has 0 saturated carbocycles. The molecule has 1 N–H and O–H groups in total. The van der Waals surface area contributed by atoms with E-state index in [4.69, 9.17) is 4.74 Å². The van der Waals surface area contributed by atoms with Crippen LogP contribution in [0.25, 0.3) is 0 Å². The van der Waals surface area contributed by atoms with E-state index in [0.29, 0.717) is 6.10 Å². The third kappa shape index (κ3) is 3.76. The van der Waals surface area contributed by atoms with Gasteiger partial charge in [0.2, 0.25) is 0 Å². The molecule has 4 heteroatoms. The van der Waals surface area contributed by atoms with Crippen LogP contribution < -0.4 is 5.32 Å². The Morgan fingerprint density at radius 2 is 2.20 bits per heavy atom. The molecule has 1 unspecified atom stereocenters. The average Bonchev–Trinajstić information content (AvgIpc) is 2.72. The molecule has 2 nitrogen and oxygen atoms in total. The molecule has 86 valence electrons. The number of rotatable bonds is 3. The Kier molecular flexibility index (Phi) is 5.61. The van der Waals surface area contributed by atoms with Gasteiger partial charge in [0, 0.05) is 4.88 Å². The van der Waals surface area contributed by atoms with Gasteiger partial charge >= 0.3 is 0 Å². The van der Waals surface area contributed by atoms with Crippen molar-refractivity contribution in [3.05, 3.63) is 22.4 Å². The molecule has 1 aliphatic heterocycles. The molecule has 2 heterocycles. The molecule has 0 amide bonds. The van der Waals surface area contributed by atoms with Crippen LogP contribution in [0.15, 0.2) is 17.5 Å². The summed E-state index contributed by atoms with van der Waals surface area (Å²) >= 11 is 1.78. The molecule has 0 aromatic carbocycles. The number of hydrogen-bond acceptors (Lipinski definition) is 3. The molecule has 0 radical (unpaired) electrons. The summed E-state index contributed by atoms with van der Waals surface area (Å²) in [5, 5.41) is 5.45. The van der Waals surface area contributed by atoms with E-state index < -0.39 is 0 Å². The van der Waals surface area contributed by atoms with Crippen molar-refractivity contribution in [2.45, 2.75) is 32.0 Å². The van der Waals surface area contributed by atoms with Gasteiger partial charge in [0.25, 0.3) is 0 Å². The standard InChI is InChI=1S/C11H17NOS.ClH/c1-9(11-3-2-8-14-11)13-10-4-6-12-7-5-10;/h2-3,8-10,12H,4-7H2,1H3;1H. The predicted octanol–water partition coefficient (Wildman–Crippen LogP) is 3.00. The summed E-state index contributed by atoms with van der Waals surface area (Å²) in [6.07, 6.45) is 3.01. The fourth-order valence-corrected chi connectivity index (χ4v) is 2.53. The minimum atomic E-state index is 0. The zero-order valence-corrected chi connectivity index (χ0v) is 10.6. The smallest absolute Gasteiger partial charge is 0.0892 e. The van der Waals surface area contributed by atoms with Crippen molar-refractivity contribution in [2.24, 2.45) is 0 Å². The zero-order chi connectivity index (χ0) is 9.80. The van der Waals surface area contributed by atoms with Crippen LogP contribution >= 0.6 is 23.7 Å². The molecule has 15 heavy (non-hydrogen) atoms. The van der Waals surface area contributed by atoms with E-state index >= 15 is 0 Å². The summed E-state index contributed by atoms with van der Waals surface area (Å²) < 4.78 is 6.01. The fraction of sp³-hybridized carbons (Fsp3) is 0.636. The highest BCUT2D eigenvalue weighted by molar-refractivity contribution is 7.10. The van der Waals surface area contributed by atoms with E-state index in [1.165, 1.54) is 4.88 Å². The van der Waals surface area contributed by atoms with Gasteiger partial charge in [-0.2, -0.15) is 0 Å². The number of hydrogen-bond donors (Lipinski definition) is 1. The minimum Gasteiger partial charge on any atom is -0.370 e. The second-order valence-corrected chi connectivity index (χ2v) is 4.72. The number of thiophene rings is 1. The molecular weight excluding hydrogens is 230 g/mol. The Hall–Kier alpha value is -0.0900. The van der Waals surface area contributed by atoms with Gasteiger partial charge in [-0.25, -0.2) is 0 Å². The normalized spacial score (nSPS) is 19.5. The number of halogens is 1. The van der Waals surface area contributed by atoms with Crippen LogP contribution in [-0.4, -0.2) is 19.2 Å². The number of ether oxygens (including phenoxy) is 1.